The van der Waals surface area contributed by atoms with Gasteiger partial charge in [-0.05, 0) is 36.8 Å². The SMILES string of the molecule is CCCCCNS(=O)(=O)c1ccc2[nH]c(=S)[nH]c2c1. The van der Waals surface area contributed by atoms with Gasteiger partial charge in [0.05, 0.1) is 15.9 Å². The van der Waals surface area contributed by atoms with Crippen molar-refractivity contribution in [2.75, 3.05) is 6.54 Å². The number of rotatable bonds is 6. The Hall–Kier alpha value is -1.18. The lowest BCUT2D eigenvalue weighted by molar-refractivity contribution is 0.576. The maximum Gasteiger partial charge on any atom is 0.240 e. The summed E-state index contributed by atoms with van der Waals surface area (Å²) < 4.78 is 27.3. The minimum absolute atomic E-state index is 0.252. The fraction of sp³-hybridized carbons (Fsp3) is 0.417. The van der Waals surface area contributed by atoms with Gasteiger partial charge in [0.2, 0.25) is 10.0 Å². The number of aromatic amines is 2. The van der Waals surface area contributed by atoms with Crippen LogP contribution in [0.5, 0.6) is 0 Å². The second-order valence-electron chi connectivity index (χ2n) is 4.39. The van der Waals surface area contributed by atoms with E-state index in [1.165, 1.54) is 0 Å². The van der Waals surface area contributed by atoms with Gasteiger partial charge >= 0.3 is 0 Å². The predicted molar refractivity (Wildman–Crippen MR) is 78.2 cm³/mol. The molecule has 0 saturated heterocycles. The molecule has 0 spiro atoms. The third-order valence-corrected chi connectivity index (χ3v) is 4.53. The molecule has 0 atom stereocenters. The van der Waals surface area contributed by atoms with Crippen molar-refractivity contribution < 1.29 is 8.42 Å². The van der Waals surface area contributed by atoms with E-state index in [1.807, 2.05) is 0 Å². The first-order valence-electron chi connectivity index (χ1n) is 6.24. The van der Waals surface area contributed by atoms with E-state index in [1.54, 1.807) is 18.2 Å². The van der Waals surface area contributed by atoms with E-state index in [2.05, 4.69) is 21.6 Å². The van der Waals surface area contributed by atoms with Crippen LogP contribution in [0.2, 0.25) is 0 Å². The number of H-pyrrole nitrogens is 2. The molecule has 7 heteroatoms. The molecule has 0 bridgehead atoms. The highest BCUT2D eigenvalue weighted by Crippen LogP contribution is 2.16. The highest BCUT2D eigenvalue weighted by molar-refractivity contribution is 7.89. The van der Waals surface area contributed by atoms with E-state index >= 15 is 0 Å². The molecule has 0 aliphatic rings. The van der Waals surface area contributed by atoms with Gasteiger partial charge in [-0.2, -0.15) is 0 Å². The molecule has 2 rings (SSSR count). The average Bonchev–Trinajstić information content (AvgIpc) is 2.73. The fourth-order valence-corrected chi connectivity index (χ4v) is 3.16. The number of unbranched alkanes of at least 4 members (excludes halogenated alkanes) is 2. The summed E-state index contributed by atoms with van der Waals surface area (Å²) in [5.41, 5.74) is 1.50. The fourth-order valence-electron chi connectivity index (χ4n) is 1.84. The molecule has 0 amide bonds. The lowest BCUT2D eigenvalue weighted by Crippen LogP contribution is -2.24. The summed E-state index contributed by atoms with van der Waals surface area (Å²) in [5.74, 6) is 0. The summed E-state index contributed by atoms with van der Waals surface area (Å²) >= 11 is 4.97. The van der Waals surface area contributed by atoms with Gasteiger partial charge in [0.1, 0.15) is 0 Å². The highest BCUT2D eigenvalue weighted by Gasteiger charge is 2.14. The van der Waals surface area contributed by atoms with Crippen LogP contribution in [-0.2, 0) is 10.0 Å². The van der Waals surface area contributed by atoms with Crippen molar-refractivity contribution in [2.45, 2.75) is 31.1 Å². The van der Waals surface area contributed by atoms with E-state index in [4.69, 9.17) is 12.2 Å². The molecule has 3 N–H and O–H groups in total. The Morgan fingerprint density at radius 1 is 1.21 bits per heavy atom. The zero-order valence-electron chi connectivity index (χ0n) is 10.7. The van der Waals surface area contributed by atoms with Crippen molar-refractivity contribution in [2.24, 2.45) is 0 Å². The second-order valence-corrected chi connectivity index (χ2v) is 6.57. The summed E-state index contributed by atoms with van der Waals surface area (Å²) in [6.07, 6.45) is 2.94. The van der Waals surface area contributed by atoms with Crippen molar-refractivity contribution >= 4 is 33.3 Å². The second kappa shape index (κ2) is 5.85. The average molecular weight is 299 g/mol. The lowest BCUT2D eigenvalue weighted by atomic mass is 10.3. The molecular formula is C12H17N3O2S2. The molecule has 0 fully saturated rings. The molecule has 0 aliphatic heterocycles. The quantitative estimate of drug-likeness (QED) is 0.567. The predicted octanol–water partition coefficient (Wildman–Crippen LogP) is 2.69. The van der Waals surface area contributed by atoms with Crippen LogP contribution in [0.4, 0.5) is 0 Å². The van der Waals surface area contributed by atoms with Crippen molar-refractivity contribution in [1.82, 2.24) is 14.7 Å². The van der Waals surface area contributed by atoms with Crippen LogP contribution in [0.15, 0.2) is 23.1 Å². The van der Waals surface area contributed by atoms with Crippen LogP contribution in [0.25, 0.3) is 11.0 Å². The van der Waals surface area contributed by atoms with Crippen LogP contribution < -0.4 is 4.72 Å². The molecule has 0 radical (unpaired) electrons. The van der Waals surface area contributed by atoms with Crippen LogP contribution in [0.3, 0.4) is 0 Å². The molecule has 104 valence electrons. The van der Waals surface area contributed by atoms with Crippen molar-refractivity contribution in [3.63, 3.8) is 0 Å². The third kappa shape index (κ3) is 3.43. The Kier molecular flexibility index (Phi) is 4.38. The van der Waals surface area contributed by atoms with E-state index in [0.29, 0.717) is 16.8 Å². The number of aromatic nitrogens is 2. The molecule has 1 heterocycles. The van der Waals surface area contributed by atoms with Gasteiger partial charge in [0.25, 0.3) is 0 Å². The number of hydrogen-bond acceptors (Lipinski definition) is 3. The number of nitrogens with one attached hydrogen (secondary N) is 3. The lowest BCUT2D eigenvalue weighted by Gasteiger charge is -2.06. The molecule has 1 aromatic heterocycles. The summed E-state index contributed by atoms with van der Waals surface area (Å²) in [4.78, 5) is 6.11. The number of fused-ring (bicyclic) bond motifs is 1. The zero-order valence-corrected chi connectivity index (χ0v) is 12.3. The highest BCUT2D eigenvalue weighted by atomic mass is 32.2. The van der Waals surface area contributed by atoms with Crippen LogP contribution in [-0.4, -0.2) is 24.9 Å². The van der Waals surface area contributed by atoms with Crippen molar-refractivity contribution in [3.8, 4) is 0 Å². The Morgan fingerprint density at radius 3 is 2.68 bits per heavy atom. The topological polar surface area (TPSA) is 77.8 Å². The first-order chi connectivity index (χ1) is 9.03. The van der Waals surface area contributed by atoms with Crippen LogP contribution in [0.1, 0.15) is 26.2 Å². The van der Waals surface area contributed by atoms with Crippen molar-refractivity contribution in [3.05, 3.63) is 23.0 Å². The smallest absolute Gasteiger partial charge is 0.240 e. The number of hydrogen-bond donors (Lipinski definition) is 3. The van der Waals surface area contributed by atoms with Gasteiger partial charge in [-0.1, -0.05) is 19.8 Å². The Bertz CT molecular complexity index is 716. The molecular weight excluding hydrogens is 282 g/mol. The van der Waals surface area contributed by atoms with E-state index in [-0.39, 0.29) is 4.90 Å². The summed E-state index contributed by atoms with van der Waals surface area (Å²) in [7, 11) is -3.44. The first kappa shape index (κ1) is 14.2. The van der Waals surface area contributed by atoms with Gasteiger partial charge in [-0.25, -0.2) is 13.1 Å². The molecule has 2 aromatic rings. The van der Waals surface area contributed by atoms with Gasteiger partial charge in [-0.15, -0.1) is 0 Å². The number of imidazole rings is 1. The van der Waals surface area contributed by atoms with Gasteiger partial charge in [0, 0.05) is 6.54 Å². The Balaban J connectivity index is 2.20. The first-order valence-corrected chi connectivity index (χ1v) is 8.14. The third-order valence-electron chi connectivity index (χ3n) is 2.87. The summed E-state index contributed by atoms with van der Waals surface area (Å²) in [5, 5.41) is 0. The normalized spacial score (nSPS) is 12.1. The molecule has 1 aromatic carbocycles. The molecule has 0 aliphatic carbocycles. The van der Waals surface area contributed by atoms with Gasteiger partial charge < -0.3 is 9.97 Å². The monoisotopic (exact) mass is 299 g/mol. The summed E-state index contributed by atoms with van der Waals surface area (Å²) in [6, 6.07) is 4.87. The maximum absolute atomic E-state index is 12.1. The molecule has 0 unspecified atom stereocenters. The van der Waals surface area contributed by atoms with Crippen molar-refractivity contribution in [1.29, 1.82) is 0 Å². The maximum atomic E-state index is 12.1. The van der Waals surface area contributed by atoms with E-state index in [0.717, 1.165) is 24.8 Å². The van der Waals surface area contributed by atoms with Crippen LogP contribution in [0, 0.1) is 4.77 Å². The largest absolute Gasteiger partial charge is 0.331 e. The minimum Gasteiger partial charge on any atom is -0.331 e. The van der Waals surface area contributed by atoms with Crippen LogP contribution >= 0.6 is 12.2 Å². The summed E-state index contributed by atoms with van der Waals surface area (Å²) in [6.45, 7) is 2.55. The number of benzene rings is 1. The molecule has 0 saturated carbocycles. The Labute approximate surface area is 117 Å². The Morgan fingerprint density at radius 2 is 1.95 bits per heavy atom. The molecule has 5 nitrogen and oxygen atoms in total. The zero-order chi connectivity index (χ0) is 13.9. The molecule has 19 heavy (non-hydrogen) atoms. The number of sulfonamides is 1. The minimum atomic E-state index is -3.44. The van der Waals surface area contributed by atoms with E-state index < -0.39 is 10.0 Å². The standard InChI is InChI=1S/C12H17N3O2S2/c1-2-3-4-7-13-19(16,17)9-5-6-10-11(8-9)15-12(18)14-10/h5-6,8,13H,2-4,7H2,1H3,(H2,14,15,18). The van der Waals surface area contributed by atoms with E-state index in [9.17, 15) is 8.42 Å². The van der Waals surface area contributed by atoms with Gasteiger partial charge in [0.15, 0.2) is 4.77 Å². The van der Waals surface area contributed by atoms with Gasteiger partial charge in [-0.3, -0.25) is 0 Å².